The lowest BCUT2D eigenvalue weighted by molar-refractivity contribution is -0.139. The minimum absolute atomic E-state index is 0.00800. The Balaban J connectivity index is 1.37. The zero-order chi connectivity index (χ0) is 29.2. The van der Waals surface area contributed by atoms with Crippen LogP contribution in [0.5, 0.6) is 0 Å². The van der Waals surface area contributed by atoms with Crippen LogP contribution in [0.15, 0.2) is 121 Å². The third-order valence-electron chi connectivity index (χ3n) is 8.69. The Hall–Kier alpha value is -3.11. The molecule has 43 heavy (non-hydrogen) atoms. The van der Waals surface area contributed by atoms with E-state index in [0.717, 1.165) is 22.3 Å². The summed E-state index contributed by atoms with van der Waals surface area (Å²) >= 11 is 5.87. The predicted molar refractivity (Wildman–Crippen MR) is 177 cm³/mol. The molecule has 9 heteroatoms. The highest BCUT2D eigenvalue weighted by atomic mass is 32.2. The molecule has 0 N–H and O–H groups in total. The molecule has 1 spiro atoms. The van der Waals surface area contributed by atoms with Gasteiger partial charge in [-0.05, 0) is 22.3 Å². The second-order valence-corrected chi connectivity index (χ2v) is 16.4. The molecule has 4 aromatic rings. The monoisotopic (exact) mass is 638 g/mol. The van der Waals surface area contributed by atoms with Crippen LogP contribution in [0.1, 0.15) is 34.3 Å². The minimum atomic E-state index is -1.25. The summed E-state index contributed by atoms with van der Waals surface area (Å²) in [5, 5.41) is -0.242. The summed E-state index contributed by atoms with van der Waals surface area (Å²) in [6, 6.07) is 39.0. The van der Waals surface area contributed by atoms with E-state index in [1.54, 1.807) is 23.5 Å². The first-order chi connectivity index (χ1) is 21.0. The maximum absolute atomic E-state index is 15.5. The highest BCUT2D eigenvalue weighted by molar-refractivity contribution is 8.31. The zero-order valence-electron chi connectivity index (χ0n) is 22.9. The molecule has 0 radical (unpaired) electrons. The van der Waals surface area contributed by atoms with Crippen LogP contribution in [0.4, 0.5) is 4.79 Å². The molecule has 5 nitrogen and oxygen atoms in total. The molecule has 4 heterocycles. The smallest absolute Gasteiger partial charge is 0.289 e. The number of hydrogen-bond acceptors (Lipinski definition) is 7. The normalized spacial score (nSPS) is 31.1. The zero-order valence-corrected chi connectivity index (χ0v) is 26.1. The summed E-state index contributed by atoms with van der Waals surface area (Å²) in [5.74, 6) is 0.905. The van der Waals surface area contributed by atoms with Crippen molar-refractivity contribution in [1.82, 2.24) is 9.80 Å². The number of hydrogen-bond donors (Lipinski definition) is 0. The molecular formula is C34H26N2O3S4. The van der Waals surface area contributed by atoms with Gasteiger partial charge >= 0.3 is 0 Å². The maximum Gasteiger partial charge on any atom is 0.289 e. The fourth-order valence-corrected chi connectivity index (χ4v) is 14.7. The Morgan fingerprint density at radius 3 is 1.79 bits per heavy atom. The first kappa shape index (κ1) is 27.4. The van der Waals surface area contributed by atoms with Gasteiger partial charge in [-0.25, -0.2) is 0 Å². The van der Waals surface area contributed by atoms with E-state index < -0.39 is 13.0 Å². The van der Waals surface area contributed by atoms with E-state index in [2.05, 4.69) is 12.1 Å². The average molecular weight is 639 g/mol. The molecule has 8 rings (SSSR count). The minimum Gasteiger partial charge on any atom is -0.307 e. The molecule has 0 saturated carbocycles. The standard InChI is InChI=1S/C34H26N2O3S4/c37-29(35-27(21-40-31(35)39)23-13-5-1-6-14-23)32(25-17-9-3-10-18-25)34-36(28(22-41-34)24-15-7-2-8-16-24)30(38)33(42-32,43-34)26-19-11-4-12-20-26/h1-20,27-28H,21-22H2/t27-,28-,32-,33+,34+/m0/s1. The van der Waals surface area contributed by atoms with Crippen molar-refractivity contribution < 1.29 is 14.4 Å². The van der Waals surface area contributed by atoms with Crippen LogP contribution in [0.2, 0.25) is 0 Å². The molecule has 4 saturated heterocycles. The summed E-state index contributed by atoms with van der Waals surface area (Å²) in [6.45, 7) is 0. The molecule has 2 bridgehead atoms. The Kier molecular flexibility index (Phi) is 6.53. The van der Waals surface area contributed by atoms with Crippen LogP contribution >= 0.6 is 47.0 Å². The quantitative estimate of drug-likeness (QED) is 0.223. The number of benzene rings is 4. The van der Waals surface area contributed by atoms with E-state index in [4.69, 9.17) is 0 Å². The van der Waals surface area contributed by atoms with Crippen molar-refractivity contribution in [2.75, 3.05) is 11.5 Å². The van der Waals surface area contributed by atoms with Crippen molar-refractivity contribution in [3.63, 3.8) is 0 Å². The molecule has 5 atom stereocenters. The van der Waals surface area contributed by atoms with Gasteiger partial charge in [0.25, 0.3) is 17.1 Å². The van der Waals surface area contributed by atoms with Gasteiger partial charge in [-0.15, -0.1) is 23.5 Å². The molecule has 3 amide bonds. The number of amides is 3. The number of carbonyl (C=O) groups is 3. The van der Waals surface area contributed by atoms with Crippen molar-refractivity contribution in [3.05, 3.63) is 144 Å². The van der Waals surface area contributed by atoms with Crippen LogP contribution in [0.25, 0.3) is 0 Å². The summed E-state index contributed by atoms with van der Waals surface area (Å²) in [6.07, 6.45) is 0. The van der Waals surface area contributed by atoms with Gasteiger partial charge in [0, 0.05) is 11.5 Å². The Labute approximate surface area is 267 Å². The van der Waals surface area contributed by atoms with Gasteiger partial charge in [0.15, 0.2) is 13.0 Å². The lowest BCUT2D eigenvalue weighted by Crippen LogP contribution is -2.62. The molecule has 4 aliphatic heterocycles. The summed E-state index contributed by atoms with van der Waals surface area (Å²) in [7, 11) is 0. The van der Waals surface area contributed by atoms with Gasteiger partial charge in [0.1, 0.15) is 0 Å². The van der Waals surface area contributed by atoms with E-state index in [-0.39, 0.29) is 29.1 Å². The van der Waals surface area contributed by atoms with Gasteiger partial charge in [-0.1, -0.05) is 145 Å². The number of carbonyl (C=O) groups excluding carboxylic acids is 3. The number of imide groups is 1. The van der Waals surface area contributed by atoms with Gasteiger partial charge in [-0.3, -0.25) is 19.3 Å². The van der Waals surface area contributed by atoms with E-state index in [0.29, 0.717) is 11.5 Å². The van der Waals surface area contributed by atoms with E-state index >= 15 is 4.79 Å². The van der Waals surface area contributed by atoms with E-state index in [1.807, 2.05) is 114 Å². The molecular weight excluding hydrogens is 613 g/mol. The molecule has 214 valence electrons. The average Bonchev–Trinajstić information content (AvgIpc) is 3.80. The maximum atomic E-state index is 15.5. The molecule has 0 unspecified atom stereocenters. The van der Waals surface area contributed by atoms with Gasteiger partial charge in [-0.2, -0.15) is 0 Å². The first-order valence-electron chi connectivity index (χ1n) is 14.1. The topological polar surface area (TPSA) is 57.7 Å². The van der Waals surface area contributed by atoms with Crippen LogP contribution < -0.4 is 0 Å². The second-order valence-electron chi connectivity index (χ2n) is 10.9. The first-order valence-corrected chi connectivity index (χ1v) is 17.7. The van der Waals surface area contributed by atoms with Crippen LogP contribution in [0.3, 0.4) is 0 Å². The fourth-order valence-electron chi connectivity index (χ4n) is 6.75. The Morgan fingerprint density at radius 1 is 0.651 bits per heavy atom. The van der Waals surface area contributed by atoms with Crippen LogP contribution in [-0.2, 0) is 18.4 Å². The molecule has 0 aromatic heterocycles. The van der Waals surface area contributed by atoms with E-state index in [1.165, 1.54) is 28.4 Å². The van der Waals surface area contributed by atoms with Gasteiger partial charge in [0.05, 0.1) is 12.1 Å². The lowest BCUT2D eigenvalue weighted by atomic mass is 9.91. The number of thioether (sulfide) groups is 4. The van der Waals surface area contributed by atoms with E-state index in [9.17, 15) is 9.59 Å². The third kappa shape index (κ3) is 3.74. The summed E-state index contributed by atoms with van der Waals surface area (Å²) < 4.78 is -3.27. The molecule has 4 fully saturated rings. The highest BCUT2D eigenvalue weighted by Gasteiger charge is 2.84. The van der Waals surface area contributed by atoms with Crippen molar-refractivity contribution >= 4 is 64.1 Å². The SMILES string of the molecule is O=C1SC[C@@H](c2ccccc2)N1C(=O)[C@]1(c2ccccc2)S[C@]2(c3ccccc3)S[C@]13SC[C@@H](c1ccccc1)N3C2=O. The Morgan fingerprint density at radius 2 is 1.19 bits per heavy atom. The molecule has 0 aliphatic carbocycles. The van der Waals surface area contributed by atoms with Crippen LogP contribution in [-0.4, -0.2) is 42.6 Å². The second kappa shape index (κ2) is 10.2. The lowest BCUT2D eigenvalue weighted by Gasteiger charge is -2.49. The van der Waals surface area contributed by atoms with Crippen LogP contribution in [0, 0.1) is 0 Å². The summed E-state index contributed by atoms with van der Waals surface area (Å²) in [5.41, 5.74) is 3.66. The van der Waals surface area contributed by atoms with Gasteiger partial charge in [0.2, 0.25) is 0 Å². The number of rotatable bonds is 5. The number of fused-ring (bicyclic) bond motifs is 1. The van der Waals surface area contributed by atoms with Crippen molar-refractivity contribution in [2.24, 2.45) is 0 Å². The molecule has 4 aromatic carbocycles. The summed E-state index contributed by atoms with van der Waals surface area (Å²) in [4.78, 5) is 47.5. The predicted octanol–water partition coefficient (Wildman–Crippen LogP) is 7.64. The highest BCUT2D eigenvalue weighted by Crippen LogP contribution is 2.84. The largest absolute Gasteiger partial charge is 0.307 e. The fraction of sp³-hybridized carbons (Fsp3) is 0.206. The third-order valence-corrected chi connectivity index (χ3v) is 15.5. The van der Waals surface area contributed by atoms with Crippen molar-refractivity contribution in [1.29, 1.82) is 0 Å². The molecule has 4 aliphatic rings. The van der Waals surface area contributed by atoms with Crippen molar-refractivity contribution in [2.45, 2.75) is 25.1 Å². The number of nitrogens with zero attached hydrogens (tertiary/aromatic N) is 2. The Bertz CT molecular complexity index is 1730. The van der Waals surface area contributed by atoms with Gasteiger partial charge < -0.3 is 4.90 Å². The van der Waals surface area contributed by atoms with Crippen molar-refractivity contribution in [3.8, 4) is 0 Å².